The highest BCUT2D eigenvalue weighted by Crippen LogP contribution is 2.21. The molecule has 0 amide bonds. The average Bonchev–Trinajstić information content (AvgIpc) is 3.05. The van der Waals surface area contributed by atoms with Crippen LogP contribution < -0.4 is 10.0 Å². The average molecular weight is 301 g/mol. The second-order valence-electron chi connectivity index (χ2n) is 3.83. The molecular formula is C10H15N5O2S2. The van der Waals surface area contributed by atoms with E-state index < -0.39 is 10.0 Å². The van der Waals surface area contributed by atoms with Gasteiger partial charge in [0.1, 0.15) is 16.4 Å². The summed E-state index contributed by atoms with van der Waals surface area (Å²) < 4.78 is 26.9. The minimum atomic E-state index is -3.48. The Morgan fingerprint density at radius 1 is 1.42 bits per heavy atom. The molecule has 0 fully saturated rings. The van der Waals surface area contributed by atoms with Crippen molar-refractivity contribution in [1.29, 1.82) is 0 Å². The van der Waals surface area contributed by atoms with E-state index in [2.05, 4.69) is 25.2 Å². The number of nitrogens with zero attached hydrogens (tertiary/aromatic N) is 2. The summed E-state index contributed by atoms with van der Waals surface area (Å²) in [6.45, 7) is 0.928. The summed E-state index contributed by atoms with van der Waals surface area (Å²) in [6.07, 6.45) is 2.16. The molecule has 3 N–H and O–H groups in total. The van der Waals surface area contributed by atoms with Crippen LogP contribution in [0.25, 0.3) is 0 Å². The highest BCUT2D eigenvalue weighted by Gasteiger charge is 2.16. The molecule has 2 heterocycles. The fraction of sp³-hybridized carbons (Fsp3) is 0.400. The molecule has 19 heavy (non-hydrogen) atoms. The minimum absolute atomic E-state index is 0.103. The highest BCUT2D eigenvalue weighted by atomic mass is 32.2. The van der Waals surface area contributed by atoms with Crippen LogP contribution in [0, 0.1) is 0 Å². The molecule has 104 valence electrons. The molecule has 2 rings (SSSR count). The number of aromatic amines is 1. The fourth-order valence-electron chi connectivity index (χ4n) is 1.44. The molecule has 0 aromatic carbocycles. The van der Waals surface area contributed by atoms with Crippen molar-refractivity contribution in [3.8, 4) is 0 Å². The Labute approximate surface area is 115 Å². The molecule has 9 heteroatoms. The van der Waals surface area contributed by atoms with Gasteiger partial charge < -0.3 is 5.32 Å². The van der Waals surface area contributed by atoms with Crippen LogP contribution in [-0.4, -0.2) is 37.2 Å². The summed E-state index contributed by atoms with van der Waals surface area (Å²) in [5, 5.41) is 9.29. The lowest BCUT2D eigenvalue weighted by Crippen LogP contribution is -2.23. The maximum atomic E-state index is 12.0. The van der Waals surface area contributed by atoms with Crippen LogP contribution in [0.5, 0.6) is 0 Å². The number of nitrogens with one attached hydrogen (secondary N) is 3. The molecule has 2 aromatic rings. The van der Waals surface area contributed by atoms with E-state index in [-0.39, 0.29) is 6.54 Å². The van der Waals surface area contributed by atoms with Gasteiger partial charge in [0.2, 0.25) is 10.0 Å². The van der Waals surface area contributed by atoms with E-state index in [0.717, 1.165) is 17.8 Å². The smallest absolute Gasteiger partial charge is 0.250 e. The molecule has 0 saturated heterocycles. The third kappa shape index (κ3) is 3.83. The lowest BCUT2D eigenvalue weighted by Gasteiger charge is -2.02. The first-order valence-corrected chi connectivity index (χ1v) is 7.99. The first-order valence-electron chi connectivity index (χ1n) is 5.69. The summed E-state index contributed by atoms with van der Waals surface area (Å²) in [7, 11) is -1.61. The first-order chi connectivity index (χ1) is 9.12. The largest absolute Gasteiger partial charge is 0.319 e. The summed E-state index contributed by atoms with van der Waals surface area (Å²) in [6, 6.07) is 3.46. The van der Waals surface area contributed by atoms with Crippen molar-refractivity contribution in [1.82, 2.24) is 25.2 Å². The zero-order valence-electron chi connectivity index (χ0n) is 10.4. The minimum Gasteiger partial charge on any atom is -0.319 e. The number of hydrogen-bond donors (Lipinski definition) is 3. The molecule has 0 spiro atoms. The second-order valence-corrected chi connectivity index (χ2v) is 6.99. The zero-order valence-corrected chi connectivity index (χ0v) is 12.0. The van der Waals surface area contributed by atoms with Gasteiger partial charge in [-0.3, -0.25) is 5.10 Å². The molecule has 0 bridgehead atoms. The Bertz CT molecular complexity index is 606. The summed E-state index contributed by atoms with van der Waals surface area (Å²) in [5.74, 6) is 0.482. The number of H-pyrrole nitrogens is 1. The number of thiophene rings is 1. The summed E-state index contributed by atoms with van der Waals surface area (Å²) >= 11 is 1.28. The van der Waals surface area contributed by atoms with Crippen molar-refractivity contribution in [3.05, 3.63) is 29.2 Å². The molecule has 0 unspecified atom stereocenters. The number of likely N-dealkylation sites (N-methyl/N-ethyl adjacent to an activating group) is 1. The number of aromatic nitrogens is 3. The summed E-state index contributed by atoms with van der Waals surface area (Å²) in [4.78, 5) is 4.90. The quantitative estimate of drug-likeness (QED) is 0.674. The van der Waals surface area contributed by atoms with Crippen LogP contribution in [0.1, 0.15) is 10.7 Å². The number of hydrogen-bond acceptors (Lipinski definition) is 6. The van der Waals surface area contributed by atoms with E-state index in [1.165, 1.54) is 17.7 Å². The lowest BCUT2D eigenvalue weighted by atomic mass is 10.3. The SMILES string of the molecule is CNCCc1ccc(S(=O)(=O)NCc2ncn[nH]2)s1. The van der Waals surface area contributed by atoms with Gasteiger partial charge in [-0.25, -0.2) is 18.1 Å². The number of sulfonamides is 1. The molecule has 0 radical (unpaired) electrons. The Morgan fingerprint density at radius 2 is 2.26 bits per heavy atom. The molecule has 0 aliphatic heterocycles. The van der Waals surface area contributed by atoms with Crippen LogP contribution in [0.4, 0.5) is 0 Å². The van der Waals surface area contributed by atoms with Gasteiger partial charge in [-0.05, 0) is 32.1 Å². The van der Waals surface area contributed by atoms with E-state index in [1.807, 2.05) is 13.1 Å². The van der Waals surface area contributed by atoms with Crippen molar-refractivity contribution in [2.24, 2.45) is 0 Å². The van der Waals surface area contributed by atoms with Crippen LogP contribution in [-0.2, 0) is 23.0 Å². The van der Waals surface area contributed by atoms with Gasteiger partial charge in [-0.15, -0.1) is 11.3 Å². The summed E-state index contributed by atoms with van der Waals surface area (Å²) in [5.41, 5.74) is 0. The van der Waals surface area contributed by atoms with E-state index in [4.69, 9.17) is 0 Å². The van der Waals surface area contributed by atoms with Gasteiger partial charge in [0, 0.05) is 4.88 Å². The van der Waals surface area contributed by atoms with Crippen LogP contribution in [0.2, 0.25) is 0 Å². The molecular weight excluding hydrogens is 286 g/mol. The van der Waals surface area contributed by atoms with Gasteiger partial charge in [-0.2, -0.15) is 5.10 Å². The predicted octanol–water partition coefficient (Wildman–Crippen LogP) is 0.107. The Balaban J connectivity index is 2.00. The van der Waals surface area contributed by atoms with E-state index >= 15 is 0 Å². The third-order valence-electron chi connectivity index (χ3n) is 2.42. The van der Waals surface area contributed by atoms with E-state index in [1.54, 1.807) is 6.07 Å². The molecule has 0 aliphatic carbocycles. The predicted molar refractivity (Wildman–Crippen MR) is 72.4 cm³/mol. The third-order valence-corrected chi connectivity index (χ3v) is 5.46. The van der Waals surface area contributed by atoms with Gasteiger partial charge in [-0.1, -0.05) is 0 Å². The Kier molecular flexibility index (Phi) is 4.64. The molecule has 2 aromatic heterocycles. The van der Waals surface area contributed by atoms with E-state index in [0.29, 0.717) is 10.0 Å². The van der Waals surface area contributed by atoms with Crippen LogP contribution in [0.15, 0.2) is 22.7 Å². The monoisotopic (exact) mass is 301 g/mol. The highest BCUT2D eigenvalue weighted by molar-refractivity contribution is 7.91. The van der Waals surface area contributed by atoms with Gasteiger partial charge >= 0.3 is 0 Å². The molecule has 0 aliphatic rings. The normalized spacial score (nSPS) is 11.8. The molecule has 0 atom stereocenters. The second kappa shape index (κ2) is 6.24. The molecule has 0 saturated carbocycles. The Morgan fingerprint density at radius 3 is 2.95 bits per heavy atom. The van der Waals surface area contributed by atoms with Crippen molar-refractivity contribution >= 4 is 21.4 Å². The van der Waals surface area contributed by atoms with Crippen molar-refractivity contribution in [3.63, 3.8) is 0 Å². The maximum Gasteiger partial charge on any atom is 0.250 e. The standard InChI is InChI=1S/C10H15N5O2S2/c1-11-5-4-8-2-3-10(18-8)19(16,17)14-6-9-12-7-13-15-9/h2-3,7,11,14H,4-6H2,1H3,(H,12,13,15). The number of rotatable bonds is 7. The van der Waals surface area contributed by atoms with E-state index in [9.17, 15) is 8.42 Å². The van der Waals surface area contributed by atoms with Crippen molar-refractivity contribution in [2.75, 3.05) is 13.6 Å². The molecule has 7 nitrogen and oxygen atoms in total. The van der Waals surface area contributed by atoms with Gasteiger partial charge in [0.05, 0.1) is 6.54 Å². The fourth-order valence-corrected chi connectivity index (χ4v) is 3.82. The van der Waals surface area contributed by atoms with Crippen LogP contribution >= 0.6 is 11.3 Å². The first kappa shape index (κ1) is 14.1. The maximum absolute atomic E-state index is 12.0. The zero-order chi connectivity index (χ0) is 13.7. The van der Waals surface area contributed by atoms with Gasteiger partial charge in [0.15, 0.2) is 0 Å². The van der Waals surface area contributed by atoms with Crippen molar-refractivity contribution < 1.29 is 8.42 Å². The Hall–Kier alpha value is -1.29. The van der Waals surface area contributed by atoms with Crippen molar-refractivity contribution in [2.45, 2.75) is 17.2 Å². The van der Waals surface area contributed by atoms with Gasteiger partial charge in [0.25, 0.3) is 0 Å². The topological polar surface area (TPSA) is 99.8 Å². The van der Waals surface area contributed by atoms with Crippen LogP contribution in [0.3, 0.4) is 0 Å². The lowest BCUT2D eigenvalue weighted by molar-refractivity contribution is 0.581.